The van der Waals surface area contributed by atoms with Crippen molar-refractivity contribution in [3.8, 4) is 0 Å². The second-order valence-corrected chi connectivity index (χ2v) is 9.78. The van der Waals surface area contributed by atoms with Gasteiger partial charge < -0.3 is 10.0 Å². The van der Waals surface area contributed by atoms with Gasteiger partial charge in [0.1, 0.15) is 13.2 Å². The van der Waals surface area contributed by atoms with Crippen molar-refractivity contribution in [3.63, 3.8) is 0 Å². The highest BCUT2D eigenvalue weighted by atomic mass is 35.5. The van der Waals surface area contributed by atoms with Crippen LogP contribution in [-0.4, -0.2) is 30.2 Å². The summed E-state index contributed by atoms with van der Waals surface area (Å²) in [6.45, 7) is 4.45. The number of hydrogen-bond donors (Lipinski definition) is 2. The molecule has 0 amide bonds. The molecule has 0 radical (unpaired) electrons. The Morgan fingerprint density at radius 2 is 1.58 bits per heavy atom. The van der Waals surface area contributed by atoms with Crippen LogP contribution < -0.4 is 15.8 Å². The van der Waals surface area contributed by atoms with Gasteiger partial charge in [-0.25, -0.2) is 4.98 Å². The molecule has 0 saturated carbocycles. The minimum atomic E-state index is -1.82. The zero-order valence-corrected chi connectivity index (χ0v) is 12.6. The van der Waals surface area contributed by atoms with Crippen LogP contribution in [0, 0.1) is 0 Å². The number of aromatic nitrogens is 1. The van der Waals surface area contributed by atoms with Crippen molar-refractivity contribution < 1.29 is 10.0 Å². The molecule has 98 valence electrons. The highest BCUT2D eigenvalue weighted by Crippen LogP contribution is 2.06. The SMILES string of the molecule is C[Si](C)(c1ccc(B(O)O)cc1)c1ccc(Cl)nc1. The van der Waals surface area contributed by atoms with Crippen LogP contribution in [0.4, 0.5) is 0 Å². The summed E-state index contributed by atoms with van der Waals surface area (Å²) >= 11 is 5.81. The smallest absolute Gasteiger partial charge is 0.423 e. The maximum Gasteiger partial charge on any atom is 0.488 e. The molecule has 1 heterocycles. The van der Waals surface area contributed by atoms with Gasteiger partial charge in [0.05, 0.1) is 0 Å². The second kappa shape index (κ2) is 5.47. The summed E-state index contributed by atoms with van der Waals surface area (Å²) in [5, 5.41) is 21.1. The zero-order chi connectivity index (χ0) is 14.0. The first-order valence-corrected chi connectivity index (χ1v) is 9.37. The first-order chi connectivity index (χ1) is 8.91. The molecular formula is C13H15BClNO2Si. The number of nitrogens with zero attached hydrogens (tertiary/aromatic N) is 1. The maximum absolute atomic E-state index is 9.11. The number of halogens is 1. The van der Waals surface area contributed by atoms with E-state index in [0.29, 0.717) is 10.6 Å². The molecule has 0 bridgehead atoms. The average Bonchev–Trinajstić information content (AvgIpc) is 2.39. The number of hydrogen-bond acceptors (Lipinski definition) is 3. The summed E-state index contributed by atoms with van der Waals surface area (Å²) in [6, 6.07) is 11.2. The van der Waals surface area contributed by atoms with Gasteiger partial charge in [0.15, 0.2) is 0 Å². The molecule has 0 aliphatic rings. The summed E-state index contributed by atoms with van der Waals surface area (Å²) in [4.78, 5) is 4.14. The molecule has 0 saturated heterocycles. The Morgan fingerprint density at radius 1 is 1.00 bits per heavy atom. The normalized spacial score (nSPS) is 11.4. The van der Waals surface area contributed by atoms with Crippen molar-refractivity contribution in [2.24, 2.45) is 0 Å². The summed E-state index contributed by atoms with van der Waals surface area (Å²) in [5.41, 5.74) is 0.503. The van der Waals surface area contributed by atoms with Crippen LogP contribution in [0.1, 0.15) is 0 Å². The molecule has 1 aromatic carbocycles. The van der Waals surface area contributed by atoms with Gasteiger partial charge in [0.25, 0.3) is 0 Å². The molecule has 19 heavy (non-hydrogen) atoms. The third-order valence-corrected chi connectivity index (χ3v) is 7.12. The molecule has 0 spiro atoms. The van der Waals surface area contributed by atoms with Crippen LogP contribution in [0.25, 0.3) is 0 Å². The van der Waals surface area contributed by atoms with Gasteiger partial charge in [-0.1, -0.05) is 60.2 Å². The van der Waals surface area contributed by atoms with Gasteiger partial charge in [-0.05, 0) is 16.7 Å². The lowest BCUT2D eigenvalue weighted by molar-refractivity contribution is 0.426. The van der Waals surface area contributed by atoms with Gasteiger partial charge in [0, 0.05) is 6.20 Å². The predicted molar refractivity (Wildman–Crippen MR) is 82.3 cm³/mol. The van der Waals surface area contributed by atoms with Crippen LogP contribution in [-0.2, 0) is 0 Å². The van der Waals surface area contributed by atoms with Gasteiger partial charge >= 0.3 is 7.12 Å². The monoisotopic (exact) mass is 291 g/mol. The Morgan fingerprint density at radius 3 is 2.05 bits per heavy atom. The standard InChI is InChI=1S/C13H15BClNO2Si/c1-19(2,12-7-8-13(15)16-9-12)11-5-3-10(4-6-11)14(17)18/h3-9,17-18H,1-2H3. The minimum Gasteiger partial charge on any atom is -0.423 e. The van der Waals surface area contributed by atoms with Crippen molar-refractivity contribution in [1.29, 1.82) is 0 Å². The topological polar surface area (TPSA) is 53.4 Å². The Balaban J connectivity index is 2.35. The van der Waals surface area contributed by atoms with E-state index in [4.69, 9.17) is 21.6 Å². The van der Waals surface area contributed by atoms with Crippen LogP contribution in [0.5, 0.6) is 0 Å². The fourth-order valence-corrected chi connectivity index (χ4v) is 4.32. The molecule has 0 fully saturated rings. The number of benzene rings is 1. The van der Waals surface area contributed by atoms with Crippen LogP contribution in [0.15, 0.2) is 42.6 Å². The van der Waals surface area contributed by atoms with Crippen molar-refractivity contribution in [2.75, 3.05) is 0 Å². The van der Waals surface area contributed by atoms with Crippen LogP contribution in [0.3, 0.4) is 0 Å². The van der Waals surface area contributed by atoms with Crippen molar-refractivity contribution in [3.05, 3.63) is 47.7 Å². The molecule has 2 aromatic rings. The van der Waals surface area contributed by atoms with Gasteiger partial charge in [-0.3, -0.25) is 0 Å². The lowest BCUT2D eigenvalue weighted by Gasteiger charge is -2.23. The molecule has 1 aromatic heterocycles. The lowest BCUT2D eigenvalue weighted by Crippen LogP contribution is -2.53. The van der Waals surface area contributed by atoms with E-state index in [9.17, 15) is 0 Å². The van der Waals surface area contributed by atoms with Gasteiger partial charge in [-0.15, -0.1) is 0 Å². The van der Waals surface area contributed by atoms with Crippen LogP contribution in [0.2, 0.25) is 18.2 Å². The summed E-state index contributed by atoms with van der Waals surface area (Å²) in [5.74, 6) is 0. The Kier molecular flexibility index (Phi) is 4.11. The maximum atomic E-state index is 9.11. The highest BCUT2D eigenvalue weighted by Gasteiger charge is 2.26. The predicted octanol–water partition coefficient (Wildman–Crippen LogP) is 0.237. The van der Waals surface area contributed by atoms with Crippen LogP contribution >= 0.6 is 11.6 Å². The Bertz CT molecular complexity index is 558. The fourth-order valence-electron chi connectivity index (χ4n) is 1.98. The third kappa shape index (κ3) is 3.06. The van der Waals surface area contributed by atoms with Crippen molar-refractivity contribution >= 4 is 42.6 Å². The van der Waals surface area contributed by atoms with E-state index in [2.05, 4.69) is 18.1 Å². The summed E-state index contributed by atoms with van der Waals surface area (Å²) in [7, 11) is -3.24. The van der Waals surface area contributed by atoms with E-state index in [-0.39, 0.29) is 0 Å². The quantitative estimate of drug-likeness (QED) is 0.629. The fraction of sp³-hybridized carbons (Fsp3) is 0.154. The molecule has 3 nitrogen and oxygen atoms in total. The van der Waals surface area contributed by atoms with E-state index in [1.165, 1.54) is 10.4 Å². The van der Waals surface area contributed by atoms with E-state index in [0.717, 1.165) is 0 Å². The van der Waals surface area contributed by atoms with Crippen molar-refractivity contribution in [2.45, 2.75) is 13.1 Å². The zero-order valence-electron chi connectivity index (χ0n) is 10.8. The first kappa shape index (κ1) is 14.3. The second-order valence-electron chi connectivity index (χ2n) is 4.99. The van der Waals surface area contributed by atoms with E-state index < -0.39 is 15.2 Å². The molecule has 0 aliphatic carbocycles. The van der Waals surface area contributed by atoms with Crippen molar-refractivity contribution in [1.82, 2.24) is 4.98 Å². The minimum absolute atomic E-state index is 0.493. The largest absolute Gasteiger partial charge is 0.488 e. The summed E-state index contributed by atoms with van der Waals surface area (Å²) < 4.78 is 0. The third-order valence-electron chi connectivity index (χ3n) is 3.38. The Labute approximate surface area is 119 Å². The lowest BCUT2D eigenvalue weighted by atomic mass is 9.81. The highest BCUT2D eigenvalue weighted by molar-refractivity contribution is 7.00. The molecule has 0 atom stereocenters. The first-order valence-electron chi connectivity index (χ1n) is 6.00. The average molecular weight is 292 g/mol. The molecule has 2 rings (SSSR count). The molecule has 2 N–H and O–H groups in total. The Hall–Kier alpha value is -1.14. The van der Waals surface area contributed by atoms with Gasteiger partial charge in [0.2, 0.25) is 0 Å². The van der Waals surface area contributed by atoms with Gasteiger partial charge in [-0.2, -0.15) is 0 Å². The number of rotatable bonds is 3. The molecule has 6 heteroatoms. The van der Waals surface area contributed by atoms with E-state index in [1.807, 2.05) is 24.4 Å². The van der Waals surface area contributed by atoms with E-state index in [1.54, 1.807) is 18.2 Å². The van der Waals surface area contributed by atoms with E-state index >= 15 is 0 Å². The molecule has 0 unspecified atom stereocenters. The number of pyridine rings is 1. The molecule has 0 aliphatic heterocycles. The molecular weight excluding hydrogens is 276 g/mol. The summed E-state index contributed by atoms with van der Waals surface area (Å²) in [6.07, 6.45) is 1.82.